The lowest BCUT2D eigenvalue weighted by atomic mass is 10.1. The molecule has 4 heteroatoms. The van der Waals surface area contributed by atoms with Crippen LogP contribution in [0.2, 0.25) is 10.0 Å². The third kappa shape index (κ3) is 3.66. The standard InChI is InChI=1S/C16H17Cl2NO/c1-11(14-5-3-4-6-15(14)17)19-10-12-7-8-13(20-2)9-16(12)18/h3-9,11,19H,10H2,1-2H3. The zero-order valence-electron chi connectivity index (χ0n) is 11.5. The molecule has 2 nitrogen and oxygen atoms in total. The maximum absolute atomic E-state index is 6.22. The fraction of sp³-hybridized carbons (Fsp3) is 0.250. The maximum Gasteiger partial charge on any atom is 0.120 e. The highest BCUT2D eigenvalue weighted by Crippen LogP contribution is 2.25. The molecule has 0 saturated heterocycles. The van der Waals surface area contributed by atoms with Crippen LogP contribution in [0, 0.1) is 0 Å². The van der Waals surface area contributed by atoms with Crippen molar-refractivity contribution >= 4 is 23.2 Å². The van der Waals surface area contributed by atoms with Crippen molar-refractivity contribution in [2.75, 3.05) is 7.11 Å². The first-order chi connectivity index (χ1) is 9.61. The number of nitrogens with one attached hydrogen (secondary N) is 1. The minimum Gasteiger partial charge on any atom is -0.497 e. The smallest absolute Gasteiger partial charge is 0.120 e. The summed E-state index contributed by atoms with van der Waals surface area (Å²) in [6, 6.07) is 13.7. The molecule has 0 fully saturated rings. The summed E-state index contributed by atoms with van der Waals surface area (Å²) in [5.41, 5.74) is 2.12. The first-order valence-electron chi connectivity index (χ1n) is 6.42. The summed E-state index contributed by atoms with van der Waals surface area (Å²) in [6.07, 6.45) is 0. The van der Waals surface area contributed by atoms with Gasteiger partial charge in [0.15, 0.2) is 0 Å². The van der Waals surface area contributed by atoms with E-state index in [1.165, 1.54) is 0 Å². The van der Waals surface area contributed by atoms with Crippen molar-refractivity contribution in [2.24, 2.45) is 0 Å². The Kier molecular flexibility index (Phi) is 5.30. The van der Waals surface area contributed by atoms with Crippen LogP contribution in [0.25, 0.3) is 0 Å². The highest BCUT2D eigenvalue weighted by Gasteiger charge is 2.09. The van der Waals surface area contributed by atoms with Crippen molar-refractivity contribution < 1.29 is 4.74 Å². The Balaban J connectivity index is 2.04. The van der Waals surface area contributed by atoms with E-state index in [4.69, 9.17) is 27.9 Å². The van der Waals surface area contributed by atoms with Crippen LogP contribution in [0.15, 0.2) is 42.5 Å². The van der Waals surface area contributed by atoms with Gasteiger partial charge in [-0.2, -0.15) is 0 Å². The molecular weight excluding hydrogens is 293 g/mol. The average molecular weight is 310 g/mol. The van der Waals surface area contributed by atoms with Gasteiger partial charge >= 0.3 is 0 Å². The van der Waals surface area contributed by atoms with Crippen molar-refractivity contribution in [3.8, 4) is 5.75 Å². The largest absolute Gasteiger partial charge is 0.497 e. The molecular formula is C16H17Cl2NO. The van der Waals surface area contributed by atoms with E-state index in [0.717, 1.165) is 21.9 Å². The van der Waals surface area contributed by atoms with Gasteiger partial charge in [0.25, 0.3) is 0 Å². The second-order valence-electron chi connectivity index (χ2n) is 4.58. The van der Waals surface area contributed by atoms with Crippen LogP contribution in [-0.2, 0) is 6.54 Å². The topological polar surface area (TPSA) is 21.3 Å². The number of hydrogen-bond donors (Lipinski definition) is 1. The van der Waals surface area contributed by atoms with Gasteiger partial charge in [0, 0.05) is 22.6 Å². The van der Waals surface area contributed by atoms with E-state index in [1.54, 1.807) is 7.11 Å². The van der Waals surface area contributed by atoms with E-state index in [1.807, 2.05) is 42.5 Å². The zero-order chi connectivity index (χ0) is 14.5. The van der Waals surface area contributed by atoms with Crippen LogP contribution < -0.4 is 10.1 Å². The van der Waals surface area contributed by atoms with Gasteiger partial charge in [0.2, 0.25) is 0 Å². The molecule has 1 atom stereocenters. The molecule has 0 spiro atoms. The van der Waals surface area contributed by atoms with Crippen molar-refractivity contribution in [3.05, 3.63) is 63.6 Å². The van der Waals surface area contributed by atoms with Crippen molar-refractivity contribution in [1.29, 1.82) is 0 Å². The SMILES string of the molecule is COc1ccc(CNC(C)c2ccccc2Cl)c(Cl)c1. The van der Waals surface area contributed by atoms with Gasteiger partial charge in [-0.25, -0.2) is 0 Å². The van der Waals surface area contributed by atoms with Gasteiger partial charge in [-0.1, -0.05) is 47.5 Å². The van der Waals surface area contributed by atoms with Gasteiger partial charge in [0.05, 0.1) is 7.11 Å². The molecule has 0 amide bonds. The molecule has 0 saturated carbocycles. The number of halogens is 2. The van der Waals surface area contributed by atoms with Crippen LogP contribution in [0.5, 0.6) is 5.75 Å². The first kappa shape index (κ1) is 15.2. The molecule has 0 radical (unpaired) electrons. The van der Waals surface area contributed by atoms with E-state index in [-0.39, 0.29) is 6.04 Å². The average Bonchev–Trinajstić information content (AvgIpc) is 2.46. The highest BCUT2D eigenvalue weighted by atomic mass is 35.5. The summed E-state index contributed by atoms with van der Waals surface area (Å²) in [7, 11) is 1.63. The van der Waals surface area contributed by atoms with E-state index in [9.17, 15) is 0 Å². The second kappa shape index (κ2) is 6.98. The minimum atomic E-state index is 0.155. The number of rotatable bonds is 5. The number of benzene rings is 2. The van der Waals surface area contributed by atoms with Crippen LogP contribution in [-0.4, -0.2) is 7.11 Å². The summed E-state index contributed by atoms with van der Waals surface area (Å²) in [5, 5.41) is 4.89. The summed E-state index contributed by atoms with van der Waals surface area (Å²) < 4.78 is 5.14. The minimum absolute atomic E-state index is 0.155. The lowest BCUT2D eigenvalue weighted by Crippen LogP contribution is -2.18. The summed E-state index contributed by atoms with van der Waals surface area (Å²) in [4.78, 5) is 0. The van der Waals surface area contributed by atoms with Crippen molar-refractivity contribution in [3.63, 3.8) is 0 Å². The fourth-order valence-electron chi connectivity index (χ4n) is 2.00. The molecule has 0 aliphatic rings. The van der Waals surface area contributed by atoms with Gasteiger partial charge in [-0.05, 0) is 36.2 Å². The molecule has 1 N–H and O–H groups in total. The lowest BCUT2D eigenvalue weighted by molar-refractivity contribution is 0.414. The number of hydrogen-bond acceptors (Lipinski definition) is 2. The Morgan fingerprint density at radius 3 is 2.50 bits per heavy atom. The fourth-order valence-corrected chi connectivity index (χ4v) is 2.53. The van der Waals surface area contributed by atoms with E-state index < -0.39 is 0 Å². The molecule has 2 aromatic rings. The highest BCUT2D eigenvalue weighted by molar-refractivity contribution is 6.31. The van der Waals surface area contributed by atoms with Crippen molar-refractivity contribution in [1.82, 2.24) is 5.32 Å². The Morgan fingerprint density at radius 2 is 1.85 bits per heavy atom. The molecule has 0 heterocycles. The Hall–Kier alpha value is -1.22. The lowest BCUT2D eigenvalue weighted by Gasteiger charge is -2.16. The van der Waals surface area contributed by atoms with E-state index >= 15 is 0 Å². The van der Waals surface area contributed by atoms with Gasteiger partial charge in [0.1, 0.15) is 5.75 Å². The molecule has 1 unspecified atom stereocenters. The Morgan fingerprint density at radius 1 is 1.10 bits per heavy atom. The molecule has 0 bridgehead atoms. The second-order valence-corrected chi connectivity index (χ2v) is 5.40. The van der Waals surface area contributed by atoms with Gasteiger partial charge in [-0.3, -0.25) is 0 Å². The van der Waals surface area contributed by atoms with Crippen LogP contribution in [0.3, 0.4) is 0 Å². The van der Waals surface area contributed by atoms with Crippen molar-refractivity contribution in [2.45, 2.75) is 19.5 Å². The van der Waals surface area contributed by atoms with Crippen LogP contribution in [0.1, 0.15) is 24.1 Å². The number of ether oxygens (including phenoxy) is 1. The van der Waals surface area contributed by atoms with Crippen LogP contribution >= 0.6 is 23.2 Å². The molecule has 0 aliphatic carbocycles. The predicted molar refractivity (Wildman–Crippen MR) is 84.7 cm³/mol. The molecule has 0 aromatic heterocycles. The molecule has 0 aliphatic heterocycles. The molecule has 2 aromatic carbocycles. The summed E-state index contributed by atoms with van der Waals surface area (Å²) in [6.45, 7) is 2.76. The predicted octanol–water partition coefficient (Wildman–Crippen LogP) is 4.85. The molecule has 106 valence electrons. The van der Waals surface area contributed by atoms with E-state index in [2.05, 4.69) is 12.2 Å². The van der Waals surface area contributed by atoms with Gasteiger partial charge in [-0.15, -0.1) is 0 Å². The van der Waals surface area contributed by atoms with Crippen LogP contribution in [0.4, 0.5) is 0 Å². The normalized spacial score (nSPS) is 12.2. The first-order valence-corrected chi connectivity index (χ1v) is 7.17. The quantitative estimate of drug-likeness (QED) is 0.852. The zero-order valence-corrected chi connectivity index (χ0v) is 13.0. The molecule has 2 rings (SSSR count). The van der Waals surface area contributed by atoms with Gasteiger partial charge < -0.3 is 10.1 Å². The van der Waals surface area contributed by atoms with E-state index in [0.29, 0.717) is 11.6 Å². The monoisotopic (exact) mass is 309 g/mol. The Labute approximate surface area is 129 Å². The third-order valence-electron chi connectivity index (χ3n) is 3.23. The molecule has 20 heavy (non-hydrogen) atoms. The Bertz CT molecular complexity index is 586. The number of methoxy groups -OCH3 is 1. The summed E-state index contributed by atoms with van der Waals surface area (Å²) in [5.74, 6) is 0.762. The summed E-state index contributed by atoms with van der Waals surface area (Å²) >= 11 is 12.4. The maximum atomic E-state index is 6.22. The third-order valence-corrected chi connectivity index (χ3v) is 3.93.